The van der Waals surface area contributed by atoms with Crippen LogP contribution < -0.4 is 11.1 Å². The molecule has 10 nitrogen and oxygen atoms in total. The minimum absolute atomic E-state index is 0.378. The number of hydrogen-bond donors (Lipinski definition) is 3. The lowest BCUT2D eigenvalue weighted by molar-refractivity contribution is 0.932. The van der Waals surface area contributed by atoms with E-state index in [-0.39, 0.29) is 0 Å². The zero-order chi connectivity index (χ0) is 18.4. The van der Waals surface area contributed by atoms with Gasteiger partial charge in [0.1, 0.15) is 17.3 Å². The molecule has 132 valence electrons. The minimum atomic E-state index is 0.378. The highest BCUT2D eigenvalue weighted by Gasteiger charge is 2.19. The lowest BCUT2D eigenvalue weighted by atomic mass is 10.2. The lowest BCUT2D eigenvalue weighted by Crippen LogP contribution is -2.02. The van der Waals surface area contributed by atoms with Crippen LogP contribution in [0.15, 0.2) is 42.7 Å². The highest BCUT2D eigenvalue weighted by Crippen LogP contribution is 2.31. The maximum Gasteiger partial charge on any atom is 0.163 e. The molecule has 0 aliphatic carbocycles. The van der Waals surface area contributed by atoms with Crippen LogP contribution >= 0.6 is 0 Å². The van der Waals surface area contributed by atoms with Crippen LogP contribution in [0.5, 0.6) is 0 Å². The molecule has 0 spiro atoms. The van der Waals surface area contributed by atoms with Gasteiger partial charge < -0.3 is 11.1 Å². The van der Waals surface area contributed by atoms with Gasteiger partial charge in [0.2, 0.25) is 0 Å². The molecule has 0 atom stereocenters. The second-order valence-corrected chi connectivity index (χ2v) is 5.92. The summed E-state index contributed by atoms with van der Waals surface area (Å²) in [4.78, 5) is 17.5. The summed E-state index contributed by atoms with van der Waals surface area (Å²) in [5, 5.41) is 15.7. The van der Waals surface area contributed by atoms with Crippen LogP contribution in [-0.2, 0) is 0 Å². The van der Waals surface area contributed by atoms with Crippen molar-refractivity contribution >= 4 is 34.1 Å². The zero-order valence-corrected chi connectivity index (χ0v) is 14.2. The van der Waals surface area contributed by atoms with Crippen molar-refractivity contribution in [1.82, 2.24) is 39.7 Å². The fraction of sp³-hybridized carbons (Fsp3) is 0.0588. The highest BCUT2D eigenvalue weighted by atomic mass is 15.3. The van der Waals surface area contributed by atoms with Crippen molar-refractivity contribution in [3.05, 3.63) is 48.5 Å². The summed E-state index contributed by atoms with van der Waals surface area (Å²) < 4.78 is 1.71. The number of aryl methyl sites for hydroxylation is 1. The number of nitrogens with zero attached hydrogens (tertiary/aromatic N) is 7. The smallest absolute Gasteiger partial charge is 0.163 e. The Morgan fingerprint density at radius 3 is 2.85 bits per heavy atom. The molecule has 0 bridgehead atoms. The van der Waals surface area contributed by atoms with Gasteiger partial charge in [0.25, 0.3) is 0 Å². The summed E-state index contributed by atoms with van der Waals surface area (Å²) in [6.07, 6.45) is 3.39. The molecule has 5 aromatic heterocycles. The molecule has 27 heavy (non-hydrogen) atoms. The molecule has 0 radical (unpaired) electrons. The Kier molecular flexibility index (Phi) is 3.22. The predicted molar refractivity (Wildman–Crippen MR) is 100 cm³/mol. The Bertz CT molecular complexity index is 1270. The first-order chi connectivity index (χ1) is 13.2. The Morgan fingerprint density at radius 1 is 1.07 bits per heavy atom. The number of hydrogen-bond acceptors (Lipinski definition) is 8. The van der Waals surface area contributed by atoms with Crippen molar-refractivity contribution in [2.24, 2.45) is 0 Å². The van der Waals surface area contributed by atoms with E-state index in [0.717, 1.165) is 5.39 Å². The lowest BCUT2D eigenvalue weighted by Gasteiger charge is -2.06. The van der Waals surface area contributed by atoms with Crippen LogP contribution in [-0.4, -0.2) is 39.7 Å². The van der Waals surface area contributed by atoms with Crippen LogP contribution in [0.25, 0.3) is 28.1 Å². The van der Waals surface area contributed by atoms with Crippen LogP contribution in [0.3, 0.4) is 0 Å². The Balaban J connectivity index is 1.72. The molecule has 0 unspecified atom stereocenters. The van der Waals surface area contributed by atoms with Gasteiger partial charge in [0, 0.05) is 18.5 Å². The van der Waals surface area contributed by atoms with Gasteiger partial charge in [-0.2, -0.15) is 10.2 Å². The summed E-state index contributed by atoms with van der Waals surface area (Å²) in [6, 6.07) is 9.16. The maximum atomic E-state index is 5.92. The molecule has 5 heterocycles. The molecule has 0 aliphatic heterocycles. The normalized spacial score (nSPS) is 11.3. The Labute approximate surface area is 152 Å². The number of nitrogens with two attached hydrogens (primary N) is 1. The first-order valence-electron chi connectivity index (χ1n) is 8.20. The quantitative estimate of drug-likeness (QED) is 0.446. The number of aromatic nitrogens is 8. The first-order valence-corrected chi connectivity index (χ1v) is 8.20. The van der Waals surface area contributed by atoms with Gasteiger partial charge in [0.15, 0.2) is 22.9 Å². The molecule has 5 rings (SSSR count). The monoisotopic (exact) mass is 358 g/mol. The van der Waals surface area contributed by atoms with E-state index in [0.29, 0.717) is 46.0 Å². The summed E-state index contributed by atoms with van der Waals surface area (Å²) >= 11 is 0. The second kappa shape index (κ2) is 5.73. The molecule has 5 aromatic rings. The average molecular weight is 358 g/mol. The predicted octanol–water partition coefficient (Wildman–Crippen LogP) is 2.09. The van der Waals surface area contributed by atoms with Crippen molar-refractivity contribution < 1.29 is 0 Å². The van der Waals surface area contributed by atoms with Crippen LogP contribution in [0.4, 0.5) is 17.5 Å². The number of aromatic amines is 1. The van der Waals surface area contributed by atoms with Crippen molar-refractivity contribution in [2.45, 2.75) is 6.92 Å². The van der Waals surface area contributed by atoms with E-state index >= 15 is 0 Å². The largest absolute Gasteiger partial charge is 0.384 e. The number of imidazole rings is 1. The Morgan fingerprint density at radius 2 is 1.96 bits per heavy atom. The highest BCUT2D eigenvalue weighted by molar-refractivity contribution is 5.90. The molecular weight excluding hydrogens is 344 g/mol. The second-order valence-electron chi connectivity index (χ2n) is 5.92. The maximum absolute atomic E-state index is 5.92. The number of anilines is 3. The first kappa shape index (κ1) is 15.2. The average Bonchev–Trinajstić information content (AvgIpc) is 3.22. The number of nitrogens with one attached hydrogen (secondary N) is 2. The van der Waals surface area contributed by atoms with Gasteiger partial charge in [0.05, 0.1) is 11.1 Å². The van der Waals surface area contributed by atoms with E-state index in [9.17, 15) is 0 Å². The van der Waals surface area contributed by atoms with E-state index in [1.165, 1.54) is 0 Å². The van der Waals surface area contributed by atoms with Crippen LogP contribution in [0, 0.1) is 6.92 Å². The standard InChI is InChI=1S/C17H14N10/c1-9-21-11(8-12(18)22-9)14-17(23-13-5-3-7-20-27(13)14)24-16-10-4-2-6-19-15(10)25-26-16/h2-8H,1H3,(H2,18,21,22)(H2,19,24,25,26). The summed E-state index contributed by atoms with van der Waals surface area (Å²) in [5.41, 5.74) is 8.56. The molecule has 0 fully saturated rings. The third-order valence-electron chi connectivity index (χ3n) is 4.07. The number of nitrogen functional groups attached to an aromatic ring is 1. The molecule has 0 saturated carbocycles. The molecule has 4 N–H and O–H groups in total. The van der Waals surface area contributed by atoms with E-state index in [1.807, 2.05) is 24.3 Å². The van der Waals surface area contributed by atoms with Crippen molar-refractivity contribution in [3.63, 3.8) is 0 Å². The summed E-state index contributed by atoms with van der Waals surface area (Å²) in [5.74, 6) is 2.12. The fourth-order valence-electron chi connectivity index (χ4n) is 2.98. The molecular formula is C17H14N10. The van der Waals surface area contributed by atoms with Crippen molar-refractivity contribution in [3.8, 4) is 11.4 Å². The van der Waals surface area contributed by atoms with E-state index in [2.05, 4.69) is 40.5 Å². The zero-order valence-electron chi connectivity index (χ0n) is 14.2. The number of rotatable bonds is 3. The van der Waals surface area contributed by atoms with Gasteiger partial charge in [-0.3, -0.25) is 5.10 Å². The van der Waals surface area contributed by atoms with Gasteiger partial charge in [-0.1, -0.05) is 0 Å². The number of H-pyrrole nitrogens is 1. The van der Waals surface area contributed by atoms with E-state index in [4.69, 9.17) is 5.73 Å². The van der Waals surface area contributed by atoms with Gasteiger partial charge >= 0.3 is 0 Å². The SMILES string of the molecule is Cc1nc(N)cc(-c2c(Nc3n[nH]c4ncccc34)nc3cccnn23)n1. The molecule has 10 heteroatoms. The van der Waals surface area contributed by atoms with Crippen molar-refractivity contribution in [1.29, 1.82) is 0 Å². The molecule has 0 aromatic carbocycles. The molecule has 0 aliphatic rings. The summed E-state index contributed by atoms with van der Waals surface area (Å²) in [7, 11) is 0. The third-order valence-corrected chi connectivity index (χ3v) is 4.07. The van der Waals surface area contributed by atoms with Crippen LogP contribution in [0.2, 0.25) is 0 Å². The van der Waals surface area contributed by atoms with Crippen LogP contribution in [0.1, 0.15) is 5.82 Å². The van der Waals surface area contributed by atoms with E-state index < -0.39 is 0 Å². The van der Waals surface area contributed by atoms with E-state index in [1.54, 1.807) is 29.9 Å². The number of pyridine rings is 1. The number of fused-ring (bicyclic) bond motifs is 2. The third kappa shape index (κ3) is 2.51. The Hall–Kier alpha value is -4.08. The summed E-state index contributed by atoms with van der Waals surface area (Å²) in [6.45, 7) is 1.79. The fourth-order valence-corrected chi connectivity index (χ4v) is 2.98. The minimum Gasteiger partial charge on any atom is -0.384 e. The van der Waals surface area contributed by atoms with Crippen molar-refractivity contribution in [2.75, 3.05) is 11.1 Å². The van der Waals surface area contributed by atoms with Gasteiger partial charge in [-0.05, 0) is 31.2 Å². The van der Waals surface area contributed by atoms with Gasteiger partial charge in [-0.25, -0.2) is 24.5 Å². The topological polar surface area (TPSA) is 136 Å². The van der Waals surface area contributed by atoms with Gasteiger partial charge in [-0.15, -0.1) is 0 Å². The molecule has 0 amide bonds. The molecule has 0 saturated heterocycles.